The number of hydrogen-bond acceptors (Lipinski definition) is 3. The number of amides is 1. The van der Waals surface area contributed by atoms with Crippen molar-refractivity contribution in [2.45, 2.75) is 6.42 Å². The third kappa shape index (κ3) is 2.54. The van der Waals surface area contributed by atoms with Crippen molar-refractivity contribution in [2.24, 2.45) is 0 Å². The van der Waals surface area contributed by atoms with Gasteiger partial charge in [-0.3, -0.25) is 4.79 Å². The Hall–Kier alpha value is -3.66. The smallest absolute Gasteiger partial charge is 0.256 e. The number of aromatic nitrogens is 1. The Kier molecular flexibility index (Phi) is 3.44. The number of fused-ring (bicyclic) bond motifs is 4. The van der Waals surface area contributed by atoms with Crippen molar-refractivity contribution < 1.29 is 9.90 Å². The van der Waals surface area contributed by atoms with Crippen LogP contribution in [0.25, 0.3) is 22.2 Å². The van der Waals surface area contributed by atoms with Crippen LogP contribution in [0.4, 0.5) is 5.69 Å². The van der Waals surface area contributed by atoms with Crippen LogP contribution in [0.3, 0.4) is 0 Å². The first kappa shape index (κ1) is 15.6. The van der Waals surface area contributed by atoms with Crippen molar-refractivity contribution in [3.63, 3.8) is 0 Å². The van der Waals surface area contributed by atoms with Crippen molar-refractivity contribution in [2.75, 3.05) is 5.32 Å². The molecule has 4 heteroatoms. The summed E-state index contributed by atoms with van der Waals surface area (Å²) in [5.74, 6) is 0.00190. The summed E-state index contributed by atoms with van der Waals surface area (Å²) in [5.41, 5.74) is 6.25. The van der Waals surface area contributed by atoms with Crippen LogP contribution in [0, 0.1) is 0 Å². The number of rotatable bonds is 2. The molecule has 5 rings (SSSR count). The lowest BCUT2D eigenvalue weighted by atomic mass is 9.99. The van der Waals surface area contributed by atoms with E-state index in [0.717, 1.165) is 27.7 Å². The summed E-state index contributed by atoms with van der Waals surface area (Å²) in [6.07, 6.45) is 0.696. The Morgan fingerprint density at radius 1 is 0.926 bits per heavy atom. The topological polar surface area (TPSA) is 62.2 Å². The average Bonchev–Trinajstić information content (AvgIpc) is 3.06. The number of para-hydroxylation sites is 1. The zero-order valence-corrected chi connectivity index (χ0v) is 14.4. The molecule has 0 fully saturated rings. The largest absolute Gasteiger partial charge is 0.508 e. The molecule has 0 bridgehead atoms. The second-order valence-electron chi connectivity index (χ2n) is 6.67. The van der Waals surface area contributed by atoms with E-state index in [0.29, 0.717) is 17.7 Å². The predicted molar refractivity (Wildman–Crippen MR) is 106 cm³/mol. The van der Waals surface area contributed by atoms with Gasteiger partial charge in [0.1, 0.15) is 5.75 Å². The minimum Gasteiger partial charge on any atom is -0.508 e. The first-order valence-electron chi connectivity index (χ1n) is 8.81. The van der Waals surface area contributed by atoms with Crippen molar-refractivity contribution >= 4 is 22.5 Å². The molecular formula is C23H16N2O2. The summed E-state index contributed by atoms with van der Waals surface area (Å²) in [4.78, 5) is 18.1. The Morgan fingerprint density at radius 2 is 1.67 bits per heavy atom. The van der Waals surface area contributed by atoms with Crippen molar-refractivity contribution in [3.8, 4) is 17.0 Å². The minimum absolute atomic E-state index is 0.164. The second-order valence-corrected chi connectivity index (χ2v) is 6.67. The van der Waals surface area contributed by atoms with Gasteiger partial charge in [0, 0.05) is 23.1 Å². The monoisotopic (exact) mass is 352 g/mol. The molecule has 4 aromatic rings. The summed E-state index contributed by atoms with van der Waals surface area (Å²) in [7, 11) is 0. The maximum atomic E-state index is 13.2. The molecule has 130 valence electrons. The number of anilines is 1. The molecule has 1 aliphatic carbocycles. The lowest BCUT2D eigenvalue weighted by Crippen LogP contribution is -2.15. The molecular weight excluding hydrogens is 336 g/mol. The molecule has 0 radical (unpaired) electrons. The maximum absolute atomic E-state index is 13.2. The van der Waals surface area contributed by atoms with E-state index in [1.807, 2.05) is 36.4 Å². The summed E-state index contributed by atoms with van der Waals surface area (Å²) in [6.45, 7) is 0. The van der Waals surface area contributed by atoms with Crippen molar-refractivity contribution in [3.05, 3.63) is 89.5 Å². The molecule has 3 aromatic carbocycles. The predicted octanol–water partition coefficient (Wildman–Crippen LogP) is 4.76. The van der Waals surface area contributed by atoms with Crippen LogP contribution in [-0.2, 0) is 6.42 Å². The molecule has 0 spiro atoms. The fraction of sp³-hybridized carbons (Fsp3) is 0.0435. The van der Waals surface area contributed by atoms with Gasteiger partial charge in [-0.05, 0) is 41.5 Å². The normalized spacial score (nSPS) is 11.9. The van der Waals surface area contributed by atoms with Gasteiger partial charge in [-0.15, -0.1) is 0 Å². The molecule has 1 amide bonds. The Balaban J connectivity index is 1.68. The third-order valence-corrected chi connectivity index (χ3v) is 4.99. The van der Waals surface area contributed by atoms with Crippen molar-refractivity contribution in [1.82, 2.24) is 4.98 Å². The molecule has 0 saturated heterocycles. The SMILES string of the molecule is O=C(Nc1ccc(O)cc1)c1c2c(nc3ccccc13)-c1ccccc1C2. The maximum Gasteiger partial charge on any atom is 0.256 e. The highest BCUT2D eigenvalue weighted by Crippen LogP contribution is 2.39. The van der Waals surface area contributed by atoms with Crippen LogP contribution in [0.2, 0.25) is 0 Å². The van der Waals surface area contributed by atoms with E-state index in [9.17, 15) is 9.90 Å². The van der Waals surface area contributed by atoms with Gasteiger partial charge in [-0.1, -0.05) is 42.5 Å². The Labute approximate surface area is 156 Å². The third-order valence-electron chi connectivity index (χ3n) is 4.99. The molecule has 4 nitrogen and oxygen atoms in total. The summed E-state index contributed by atoms with van der Waals surface area (Å²) in [6, 6.07) is 22.4. The van der Waals surface area contributed by atoms with Gasteiger partial charge in [0.25, 0.3) is 5.91 Å². The Bertz CT molecular complexity index is 1200. The number of aromatic hydroxyl groups is 1. The van der Waals surface area contributed by atoms with Gasteiger partial charge in [0.15, 0.2) is 0 Å². The van der Waals surface area contributed by atoms with Gasteiger partial charge in [0.2, 0.25) is 0 Å². The van der Waals surface area contributed by atoms with E-state index < -0.39 is 0 Å². The van der Waals surface area contributed by atoms with Crippen LogP contribution in [0.1, 0.15) is 21.5 Å². The quantitative estimate of drug-likeness (QED) is 0.450. The second kappa shape index (κ2) is 5.95. The van der Waals surface area contributed by atoms with E-state index in [1.165, 1.54) is 5.56 Å². The number of phenols is 1. The molecule has 0 aliphatic heterocycles. The highest BCUT2D eigenvalue weighted by Gasteiger charge is 2.27. The number of nitrogens with one attached hydrogen (secondary N) is 1. The first-order valence-corrected chi connectivity index (χ1v) is 8.81. The molecule has 1 heterocycles. The van der Waals surface area contributed by atoms with Crippen LogP contribution >= 0.6 is 0 Å². The van der Waals surface area contributed by atoms with E-state index in [2.05, 4.69) is 17.4 Å². The van der Waals surface area contributed by atoms with Gasteiger partial charge >= 0.3 is 0 Å². The van der Waals surface area contributed by atoms with E-state index in [-0.39, 0.29) is 11.7 Å². The van der Waals surface area contributed by atoms with E-state index >= 15 is 0 Å². The first-order chi connectivity index (χ1) is 13.2. The van der Waals surface area contributed by atoms with E-state index in [4.69, 9.17) is 4.98 Å². The highest BCUT2D eigenvalue weighted by atomic mass is 16.3. The van der Waals surface area contributed by atoms with Gasteiger partial charge in [-0.2, -0.15) is 0 Å². The number of pyridine rings is 1. The molecule has 1 aromatic heterocycles. The zero-order valence-electron chi connectivity index (χ0n) is 14.4. The highest BCUT2D eigenvalue weighted by molar-refractivity contribution is 6.15. The molecule has 2 N–H and O–H groups in total. The zero-order chi connectivity index (χ0) is 18.4. The number of hydrogen-bond donors (Lipinski definition) is 2. The van der Waals surface area contributed by atoms with Gasteiger partial charge in [0.05, 0.1) is 16.8 Å². The van der Waals surface area contributed by atoms with Crippen molar-refractivity contribution in [1.29, 1.82) is 0 Å². The summed E-state index contributed by atoms with van der Waals surface area (Å²) < 4.78 is 0. The standard InChI is InChI=1S/C23H16N2O2/c26-16-11-9-15(10-12-16)24-23(27)21-18-7-3-4-8-20(18)25-22-17-6-2-1-5-14(17)13-19(21)22/h1-12,26H,13H2,(H,24,27). The molecule has 1 aliphatic rings. The van der Waals surface area contributed by atoms with Gasteiger partial charge in [-0.25, -0.2) is 4.98 Å². The summed E-state index contributed by atoms with van der Waals surface area (Å²) >= 11 is 0. The lowest BCUT2D eigenvalue weighted by molar-refractivity contribution is 0.102. The Morgan fingerprint density at radius 3 is 2.52 bits per heavy atom. The lowest BCUT2D eigenvalue weighted by Gasteiger charge is -2.13. The van der Waals surface area contributed by atoms with Crippen LogP contribution in [0.5, 0.6) is 5.75 Å². The minimum atomic E-state index is -0.164. The molecule has 27 heavy (non-hydrogen) atoms. The fourth-order valence-electron chi connectivity index (χ4n) is 3.74. The number of benzene rings is 3. The molecule has 0 unspecified atom stereocenters. The fourth-order valence-corrected chi connectivity index (χ4v) is 3.74. The van der Waals surface area contributed by atoms with Crippen LogP contribution in [-0.4, -0.2) is 16.0 Å². The number of carbonyl (C=O) groups is 1. The number of phenolic OH excluding ortho intramolecular Hbond substituents is 1. The van der Waals surface area contributed by atoms with Gasteiger partial charge < -0.3 is 10.4 Å². The molecule has 0 atom stereocenters. The van der Waals surface area contributed by atoms with Crippen LogP contribution < -0.4 is 5.32 Å². The van der Waals surface area contributed by atoms with E-state index in [1.54, 1.807) is 24.3 Å². The average molecular weight is 352 g/mol. The van der Waals surface area contributed by atoms with Crippen LogP contribution in [0.15, 0.2) is 72.8 Å². The summed E-state index contributed by atoms with van der Waals surface area (Å²) in [5, 5.41) is 13.3. The number of nitrogens with zero attached hydrogens (tertiary/aromatic N) is 1. The number of carbonyl (C=O) groups excluding carboxylic acids is 1. The molecule has 0 saturated carbocycles.